The second-order valence-corrected chi connectivity index (χ2v) is 6.66. The Morgan fingerprint density at radius 3 is 2.81 bits per heavy atom. The first-order chi connectivity index (χ1) is 10.0. The summed E-state index contributed by atoms with van der Waals surface area (Å²) in [5.41, 5.74) is 0. The van der Waals surface area contributed by atoms with Crippen LogP contribution >= 0.6 is 0 Å². The summed E-state index contributed by atoms with van der Waals surface area (Å²) in [6.07, 6.45) is 3.52. The predicted octanol–water partition coefficient (Wildman–Crippen LogP) is 1.20. The van der Waals surface area contributed by atoms with Gasteiger partial charge in [0.25, 0.3) is 0 Å². The normalized spacial score (nSPS) is 26.2. The molecule has 2 unspecified atom stereocenters. The van der Waals surface area contributed by atoms with Crippen LogP contribution in [0.4, 0.5) is 0 Å². The van der Waals surface area contributed by atoms with E-state index in [-0.39, 0.29) is 5.92 Å². The predicted molar refractivity (Wildman–Crippen MR) is 78.0 cm³/mol. The molecule has 1 aromatic rings. The molecule has 1 N–H and O–H groups in total. The van der Waals surface area contributed by atoms with Crippen LogP contribution in [0.15, 0.2) is 0 Å². The first kappa shape index (κ1) is 14.5. The van der Waals surface area contributed by atoms with Gasteiger partial charge in [-0.2, -0.15) is 0 Å². The Morgan fingerprint density at radius 2 is 2.14 bits per heavy atom. The molecule has 0 bridgehead atoms. The summed E-state index contributed by atoms with van der Waals surface area (Å²) < 4.78 is 2.06. The van der Waals surface area contributed by atoms with Crippen molar-refractivity contribution in [3.8, 4) is 0 Å². The molecule has 21 heavy (non-hydrogen) atoms. The zero-order valence-corrected chi connectivity index (χ0v) is 12.8. The fraction of sp³-hybridized carbons (Fsp3) is 0.800. The van der Waals surface area contributed by atoms with E-state index in [4.69, 9.17) is 0 Å². The van der Waals surface area contributed by atoms with Crippen LogP contribution in [0.25, 0.3) is 0 Å². The van der Waals surface area contributed by atoms with Gasteiger partial charge in [0, 0.05) is 32.0 Å². The van der Waals surface area contributed by atoms with Crippen molar-refractivity contribution < 1.29 is 9.90 Å². The molecular formula is C15H24N4O2. The highest BCUT2D eigenvalue weighted by atomic mass is 16.4. The lowest BCUT2D eigenvalue weighted by Crippen LogP contribution is -2.29. The summed E-state index contributed by atoms with van der Waals surface area (Å²) in [4.78, 5) is 13.7. The quantitative estimate of drug-likeness (QED) is 0.903. The van der Waals surface area contributed by atoms with Crippen LogP contribution in [0.5, 0.6) is 0 Å². The van der Waals surface area contributed by atoms with Gasteiger partial charge >= 0.3 is 5.97 Å². The van der Waals surface area contributed by atoms with Gasteiger partial charge in [0.2, 0.25) is 0 Å². The molecule has 6 heteroatoms. The highest BCUT2D eigenvalue weighted by molar-refractivity contribution is 5.70. The maximum Gasteiger partial charge on any atom is 0.308 e. The highest BCUT2D eigenvalue weighted by Crippen LogP contribution is 2.25. The second-order valence-electron chi connectivity index (χ2n) is 6.66. The minimum absolute atomic E-state index is 0.289. The molecule has 116 valence electrons. The molecule has 1 saturated heterocycles. The molecule has 6 nitrogen and oxygen atoms in total. The lowest BCUT2D eigenvalue weighted by Gasteiger charge is -2.22. The van der Waals surface area contributed by atoms with E-state index in [1.165, 1.54) is 6.42 Å². The fourth-order valence-corrected chi connectivity index (χ4v) is 3.49. The zero-order valence-electron chi connectivity index (χ0n) is 12.8. The highest BCUT2D eigenvalue weighted by Gasteiger charge is 2.30. The zero-order chi connectivity index (χ0) is 15.0. The molecule has 0 aliphatic carbocycles. The monoisotopic (exact) mass is 292 g/mol. The molecule has 0 spiro atoms. The maximum absolute atomic E-state index is 11.2. The Kier molecular flexibility index (Phi) is 3.97. The lowest BCUT2D eigenvalue weighted by atomic mass is 9.98. The van der Waals surface area contributed by atoms with Gasteiger partial charge in [-0.15, -0.1) is 10.2 Å². The van der Waals surface area contributed by atoms with E-state index in [2.05, 4.69) is 33.5 Å². The number of nitrogens with zero attached hydrogens (tertiary/aromatic N) is 4. The number of likely N-dealkylation sites (tertiary alicyclic amines) is 1. The van der Waals surface area contributed by atoms with Crippen LogP contribution in [0.1, 0.15) is 38.3 Å². The Bertz CT molecular complexity index is 526. The van der Waals surface area contributed by atoms with Gasteiger partial charge in [-0.25, -0.2) is 0 Å². The standard InChI is InChI=1S/C15H24N4O2/c1-10(2)18-6-5-11(8-18)7-14-17-16-13-4-3-12(15(20)21)9-19(13)14/h10-12H,3-9H2,1-2H3,(H,20,21). The Labute approximate surface area is 125 Å². The molecule has 0 radical (unpaired) electrons. The van der Waals surface area contributed by atoms with Crippen molar-refractivity contribution in [1.82, 2.24) is 19.7 Å². The lowest BCUT2D eigenvalue weighted by molar-refractivity contribution is -0.142. The number of aromatic nitrogens is 3. The van der Waals surface area contributed by atoms with Crippen molar-refractivity contribution in [1.29, 1.82) is 0 Å². The smallest absolute Gasteiger partial charge is 0.308 e. The number of fused-ring (bicyclic) bond motifs is 1. The Morgan fingerprint density at radius 1 is 1.33 bits per heavy atom. The number of carboxylic acid groups (broad SMARTS) is 1. The number of hydrogen-bond acceptors (Lipinski definition) is 4. The van der Waals surface area contributed by atoms with Crippen LogP contribution in [-0.2, 0) is 24.2 Å². The van der Waals surface area contributed by atoms with Crippen molar-refractivity contribution in [2.24, 2.45) is 11.8 Å². The van der Waals surface area contributed by atoms with E-state index in [1.54, 1.807) is 0 Å². The van der Waals surface area contributed by atoms with Gasteiger partial charge < -0.3 is 14.6 Å². The van der Waals surface area contributed by atoms with Crippen LogP contribution in [0, 0.1) is 11.8 Å². The first-order valence-corrected chi connectivity index (χ1v) is 7.92. The third-order valence-electron chi connectivity index (χ3n) is 4.89. The average Bonchev–Trinajstić information content (AvgIpc) is 3.06. The number of carboxylic acids is 1. The molecular weight excluding hydrogens is 268 g/mol. The average molecular weight is 292 g/mol. The van der Waals surface area contributed by atoms with Crippen LogP contribution in [0.2, 0.25) is 0 Å². The van der Waals surface area contributed by atoms with Gasteiger partial charge in [-0.05, 0) is 39.2 Å². The topological polar surface area (TPSA) is 71.2 Å². The summed E-state index contributed by atoms with van der Waals surface area (Å²) in [7, 11) is 0. The Balaban J connectivity index is 1.68. The third-order valence-corrected chi connectivity index (χ3v) is 4.89. The van der Waals surface area contributed by atoms with Gasteiger partial charge in [-0.1, -0.05) is 0 Å². The molecule has 1 aromatic heterocycles. The molecule has 3 rings (SSSR count). The van der Waals surface area contributed by atoms with Gasteiger partial charge in [0.15, 0.2) is 0 Å². The summed E-state index contributed by atoms with van der Waals surface area (Å²) >= 11 is 0. The summed E-state index contributed by atoms with van der Waals surface area (Å²) in [6, 6.07) is 0.596. The molecule has 3 heterocycles. The van der Waals surface area contributed by atoms with E-state index >= 15 is 0 Å². The van der Waals surface area contributed by atoms with E-state index in [0.717, 1.165) is 37.6 Å². The largest absolute Gasteiger partial charge is 0.481 e. The van der Waals surface area contributed by atoms with Crippen molar-refractivity contribution in [3.63, 3.8) is 0 Å². The van der Waals surface area contributed by atoms with Crippen LogP contribution in [-0.4, -0.2) is 49.9 Å². The molecule has 0 aromatic carbocycles. The van der Waals surface area contributed by atoms with Crippen molar-refractivity contribution >= 4 is 5.97 Å². The molecule has 2 aliphatic rings. The molecule has 0 saturated carbocycles. The van der Waals surface area contributed by atoms with Crippen molar-refractivity contribution in [2.75, 3.05) is 13.1 Å². The van der Waals surface area contributed by atoms with Gasteiger partial charge in [0.05, 0.1) is 5.92 Å². The molecule has 1 fully saturated rings. The minimum atomic E-state index is -0.702. The Hall–Kier alpha value is -1.43. The number of hydrogen-bond donors (Lipinski definition) is 1. The SMILES string of the molecule is CC(C)N1CCC(Cc2nnc3n2CC(C(=O)O)CC3)C1. The first-order valence-electron chi connectivity index (χ1n) is 7.92. The van der Waals surface area contributed by atoms with Crippen molar-refractivity contribution in [3.05, 3.63) is 11.6 Å². The van der Waals surface area contributed by atoms with E-state index < -0.39 is 5.97 Å². The van der Waals surface area contributed by atoms with Crippen LogP contribution < -0.4 is 0 Å². The van der Waals surface area contributed by atoms with Gasteiger partial charge in [0.1, 0.15) is 11.6 Å². The number of carbonyl (C=O) groups is 1. The number of rotatable bonds is 4. The summed E-state index contributed by atoms with van der Waals surface area (Å²) in [6.45, 7) is 7.27. The molecule has 2 aliphatic heterocycles. The summed E-state index contributed by atoms with van der Waals surface area (Å²) in [5.74, 6) is 1.56. The third kappa shape index (κ3) is 2.95. The fourth-order valence-electron chi connectivity index (χ4n) is 3.49. The minimum Gasteiger partial charge on any atom is -0.481 e. The number of aliphatic carboxylic acids is 1. The van der Waals surface area contributed by atoms with E-state index in [9.17, 15) is 9.90 Å². The summed E-state index contributed by atoms with van der Waals surface area (Å²) in [5, 5.41) is 17.8. The second kappa shape index (κ2) is 5.75. The molecule has 0 amide bonds. The van der Waals surface area contributed by atoms with E-state index in [1.807, 2.05) is 0 Å². The molecule has 2 atom stereocenters. The van der Waals surface area contributed by atoms with E-state index in [0.29, 0.717) is 24.9 Å². The number of aryl methyl sites for hydroxylation is 1. The van der Waals surface area contributed by atoms with Gasteiger partial charge in [-0.3, -0.25) is 4.79 Å². The van der Waals surface area contributed by atoms with Crippen molar-refractivity contribution in [2.45, 2.75) is 52.1 Å². The van der Waals surface area contributed by atoms with Crippen LogP contribution in [0.3, 0.4) is 0 Å². The maximum atomic E-state index is 11.2.